The number of carbonyl (C=O) groups is 3. The second-order valence-electron chi connectivity index (χ2n) is 9.10. The monoisotopic (exact) mass is 489 g/mol. The lowest BCUT2D eigenvalue weighted by Crippen LogP contribution is -2.43. The average molecular weight is 490 g/mol. The molecule has 0 bridgehead atoms. The van der Waals surface area contributed by atoms with Gasteiger partial charge in [-0.15, -0.1) is 0 Å². The topological polar surface area (TPSA) is 90.9 Å². The minimum absolute atomic E-state index is 0.199. The van der Waals surface area contributed by atoms with Crippen LogP contribution in [0.4, 0.5) is 0 Å². The van der Waals surface area contributed by atoms with Gasteiger partial charge in [-0.25, -0.2) is 4.79 Å². The van der Waals surface area contributed by atoms with Crippen molar-refractivity contribution in [1.29, 1.82) is 0 Å². The summed E-state index contributed by atoms with van der Waals surface area (Å²) in [6.07, 6.45) is 0.481. The molecule has 2 aromatic rings. The Morgan fingerprint density at radius 3 is 2.53 bits per heavy atom. The van der Waals surface area contributed by atoms with Crippen LogP contribution >= 0.6 is 0 Å². The van der Waals surface area contributed by atoms with Crippen LogP contribution in [0, 0.1) is 11.8 Å². The van der Waals surface area contributed by atoms with Gasteiger partial charge < -0.3 is 19.5 Å². The quantitative estimate of drug-likeness (QED) is 0.454. The molecule has 0 amide bonds. The van der Waals surface area contributed by atoms with E-state index in [0.717, 1.165) is 11.3 Å². The molecule has 0 radical (unpaired) electrons. The van der Waals surface area contributed by atoms with Gasteiger partial charge in [0.1, 0.15) is 18.3 Å². The Morgan fingerprint density at radius 2 is 1.83 bits per heavy atom. The van der Waals surface area contributed by atoms with Gasteiger partial charge in [0, 0.05) is 22.9 Å². The molecule has 1 N–H and O–H groups in total. The molecule has 7 nitrogen and oxygen atoms in total. The minimum atomic E-state index is -0.933. The van der Waals surface area contributed by atoms with E-state index in [1.54, 1.807) is 13.8 Å². The van der Waals surface area contributed by atoms with Crippen molar-refractivity contribution in [1.82, 2.24) is 5.32 Å². The van der Waals surface area contributed by atoms with Gasteiger partial charge in [-0.05, 0) is 49.4 Å². The van der Waals surface area contributed by atoms with Crippen molar-refractivity contribution in [3.8, 4) is 5.75 Å². The maximum atomic E-state index is 13.8. The molecule has 0 saturated heterocycles. The molecule has 0 spiro atoms. The van der Waals surface area contributed by atoms with E-state index in [1.165, 1.54) is 7.11 Å². The molecule has 188 valence electrons. The Hall–Kier alpha value is -3.87. The summed E-state index contributed by atoms with van der Waals surface area (Å²) in [7, 11) is 1.28. The number of benzene rings is 2. The number of dihydropyridines is 1. The molecule has 2 aromatic carbocycles. The smallest absolute Gasteiger partial charge is 0.336 e. The van der Waals surface area contributed by atoms with Crippen molar-refractivity contribution in [3.63, 3.8) is 0 Å². The summed E-state index contributed by atoms with van der Waals surface area (Å²) in [6.45, 7) is 5.98. The van der Waals surface area contributed by atoms with E-state index in [9.17, 15) is 14.4 Å². The van der Waals surface area contributed by atoms with Crippen LogP contribution < -0.4 is 10.1 Å². The average Bonchev–Trinajstić information content (AvgIpc) is 2.87. The zero-order valence-electron chi connectivity index (χ0n) is 21.0. The van der Waals surface area contributed by atoms with Crippen molar-refractivity contribution >= 4 is 17.7 Å². The van der Waals surface area contributed by atoms with Crippen LogP contribution in [0.5, 0.6) is 5.75 Å². The molecule has 2 aliphatic rings. The van der Waals surface area contributed by atoms with Crippen molar-refractivity contribution in [2.75, 3.05) is 13.7 Å². The van der Waals surface area contributed by atoms with E-state index in [-0.39, 0.29) is 18.3 Å². The van der Waals surface area contributed by atoms with Crippen LogP contribution in [0.2, 0.25) is 0 Å². The normalized spacial score (nSPS) is 21.4. The van der Waals surface area contributed by atoms with Gasteiger partial charge in [-0.3, -0.25) is 9.59 Å². The summed E-state index contributed by atoms with van der Waals surface area (Å²) < 4.78 is 16.4. The van der Waals surface area contributed by atoms with E-state index in [0.29, 0.717) is 41.2 Å². The van der Waals surface area contributed by atoms with Crippen molar-refractivity contribution in [2.45, 2.75) is 39.7 Å². The largest absolute Gasteiger partial charge is 0.489 e. The highest BCUT2D eigenvalue weighted by Crippen LogP contribution is 2.46. The zero-order chi connectivity index (χ0) is 25.8. The number of ether oxygens (including phenoxy) is 3. The van der Waals surface area contributed by atoms with Crippen LogP contribution in [0.25, 0.3) is 0 Å². The number of methoxy groups -OCH3 is 1. The number of hydrogen-bond donors (Lipinski definition) is 1. The van der Waals surface area contributed by atoms with Gasteiger partial charge in [0.05, 0.1) is 19.3 Å². The van der Waals surface area contributed by atoms with Gasteiger partial charge >= 0.3 is 11.9 Å². The van der Waals surface area contributed by atoms with E-state index in [1.807, 2.05) is 61.5 Å². The number of ketones is 1. The van der Waals surface area contributed by atoms with Gasteiger partial charge in [0.2, 0.25) is 0 Å². The molecule has 1 aliphatic heterocycles. The maximum Gasteiger partial charge on any atom is 0.336 e. The first-order valence-corrected chi connectivity index (χ1v) is 12.1. The van der Waals surface area contributed by atoms with Crippen LogP contribution in [0.15, 0.2) is 77.1 Å². The number of allylic oxidation sites excluding steroid dienone is 3. The van der Waals surface area contributed by atoms with Gasteiger partial charge in [0.15, 0.2) is 5.78 Å². The first kappa shape index (κ1) is 25.2. The Morgan fingerprint density at radius 1 is 1.08 bits per heavy atom. The first-order chi connectivity index (χ1) is 17.3. The molecular formula is C29H31NO6. The Balaban J connectivity index is 1.77. The second-order valence-corrected chi connectivity index (χ2v) is 9.10. The van der Waals surface area contributed by atoms with Crippen molar-refractivity contribution < 1.29 is 28.6 Å². The summed E-state index contributed by atoms with van der Waals surface area (Å²) in [5, 5.41) is 3.26. The molecule has 0 saturated carbocycles. The number of rotatable bonds is 7. The highest BCUT2D eigenvalue weighted by atomic mass is 16.5. The number of carbonyl (C=O) groups excluding carboxylic acids is 3. The molecule has 7 heteroatoms. The SMILES string of the molecule is CCOC(=O)C1=C(C)NC2=C(C(=O)[C@H](C(=O)OC)[C@H](C)C2)[C@H]1c1cccc(OCc2ccccc2)c1. The predicted octanol–water partition coefficient (Wildman–Crippen LogP) is 4.44. The lowest BCUT2D eigenvalue weighted by atomic mass is 9.69. The standard InChI is InChI=1S/C29H31NO6/c1-5-35-29(33)24-18(3)30-22-14-17(2)23(28(32)34-4)27(31)26(22)25(24)20-12-9-13-21(15-20)36-16-19-10-7-6-8-11-19/h6-13,15,17,23,25,30H,5,14,16H2,1-4H3/t17-,23-,25+/m1/s1. The van der Waals surface area contributed by atoms with Gasteiger partial charge in [0.25, 0.3) is 0 Å². The lowest BCUT2D eigenvalue weighted by molar-refractivity contribution is -0.151. The number of esters is 2. The fourth-order valence-corrected chi connectivity index (χ4v) is 5.02. The number of hydrogen-bond acceptors (Lipinski definition) is 7. The van der Waals surface area contributed by atoms with E-state index >= 15 is 0 Å². The maximum absolute atomic E-state index is 13.8. The highest BCUT2D eigenvalue weighted by Gasteiger charge is 2.47. The highest BCUT2D eigenvalue weighted by molar-refractivity contribution is 6.12. The third-order valence-electron chi connectivity index (χ3n) is 6.68. The van der Waals surface area contributed by atoms with Gasteiger partial charge in [-0.2, -0.15) is 0 Å². The minimum Gasteiger partial charge on any atom is -0.489 e. The molecule has 0 aromatic heterocycles. The third-order valence-corrected chi connectivity index (χ3v) is 6.68. The fourth-order valence-electron chi connectivity index (χ4n) is 5.02. The zero-order valence-corrected chi connectivity index (χ0v) is 21.0. The van der Waals surface area contributed by atoms with Crippen molar-refractivity contribution in [3.05, 3.63) is 88.3 Å². The fraction of sp³-hybridized carbons (Fsp3) is 0.345. The van der Waals surface area contributed by atoms with Crippen LogP contribution in [0.1, 0.15) is 44.2 Å². The molecule has 1 heterocycles. The van der Waals surface area contributed by atoms with Crippen molar-refractivity contribution in [2.24, 2.45) is 11.8 Å². The van der Waals surface area contributed by atoms with Crippen LogP contribution in [0.3, 0.4) is 0 Å². The van der Waals surface area contributed by atoms with Gasteiger partial charge in [-0.1, -0.05) is 49.4 Å². The summed E-state index contributed by atoms with van der Waals surface area (Å²) in [5.41, 5.74) is 3.83. The molecular weight excluding hydrogens is 458 g/mol. The molecule has 3 atom stereocenters. The van der Waals surface area contributed by atoms with E-state index in [4.69, 9.17) is 14.2 Å². The van der Waals surface area contributed by atoms with Crippen LogP contribution in [-0.2, 0) is 30.5 Å². The Kier molecular flexibility index (Phi) is 7.58. The summed E-state index contributed by atoms with van der Waals surface area (Å²) in [5.74, 6) is -2.67. The van der Waals surface area contributed by atoms with E-state index in [2.05, 4.69) is 5.32 Å². The molecule has 0 unspecified atom stereocenters. The summed E-state index contributed by atoms with van der Waals surface area (Å²) in [4.78, 5) is 39.5. The Labute approximate surface area is 211 Å². The number of Topliss-reactive ketones (excluding diaryl/α,β-unsaturated/α-hetero) is 1. The third kappa shape index (κ3) is 4.91. The second kappa shape index (κ2) is 10.8. The van der Waals surface area contributed by atoms with E-state index < -0.39 is 23.8 Å². The molecule has 1 aliphatic carbocycles. The molecule has 0 fully saturated rings. The summed E-state index contributed by atoms with van der Waals surface area (Å²) in [6, 6.07) is 17.2. The predicted molar refractivity (Wildman–Crippen MR) is 134 cm³/mol. The number of nitrogens with one attached hydrogen (secondary N) is 1. The van der Waals surface area contributed by atoms with Crippen LogP contribution in [-0.4, -0.2) is 31.4 Å². The lowest BCUT2D eigenvalue weighted by Gasteiger charge is -2.38. The molecule has 36 heavy (non-hydrogen) atoms. The Bertz CT molecular complexity index is 1230. The molecule has 4 rings (SSSR count). The first-order valence-electron chi connectivity index (χ1n) is 12.1. The summed E-state index contributed by atoms with van der Waals surface area (Å²) >= 11 is 0.